The van der Waals surface area contributed by atoms with Gasteiger partial charge >= 0.3 is 0 Å². The molecule has 5 nitrogen and oxygen atoms in total. The largest absolute Gasteiger partial charge is 0.324 e. The van der Waals surface area contributed by atoms with Crippen LogP contribution in [0.15, 0.2) is 41.3 Å². The Balaban J connectivity index is 2.20. The van der Waals surface area contributed by atoms with Gasteiger partial charge in [0, 0.05) is 5.69 Å². The molecule has 0 aliphatic heterocycles. The van der Waals surface area contributed by atoms with Crippen LogP contribution in [-0.4, -0.2) is 20.4 Å². The average molecular weight is 360 g/mol. The Bertz CT molecular complexity index is 882. The lowest BCUT2D eigenvalue weighted by Gasteiger charge is -2.18. The Morgan fingerprint density at radius 3 is 2.08 bits per heavy atom. The second-order valence-corrected chi connectivity index (χ2v) is 8.03. The molecule has 2 rings (SSSR count). The maximum atomic E-state index is 12.7. The number of benzene rings is 2. The summed E-state index contributed by atoms with van der Waals surface area (Å²) in [5, 5.41) is 2.76. The van der Waals surface area contributed by atoms with Crippen LogP contribution in [-0.2, 0) is 14.8 Å². The molecule has 1 atom stereocenters. The van der Waals surface area contributed by atoms with Crippen molar-refractivity contribution in [1.82, 2.24) is 4.72 Å². The van der Waals surface area contributed by atoms with Crippen molar-refractivity contribution >= 4 is 21.6 Å². The van der Waals surface area contributed by atoms with Gasteiger partial charge in [-0.05, 0) is 57.4 Å². The van der Waals surface area contributed by atoms with Gasteiger partial charge in [0.1, 0.15) is 0 Å². The number of para-hydroxylation sites is 1. The monoisotopic (exact) mass is 360 g/mol. The molecule has 25 heavy (non-hydrogen) atoms. The van der Waals surface area contributed by atoms with Gasteiger partial charge in [-0.3, -0.25) is 4.79 Å². The van der Waals surface area contributed by atoms with E-state index in [1.165, 1.54) is 6.92 Å². The van der Waals surface area contributed by atoms with E-state index in [9.17, 15) is 13.2 Å². The molecule has 0 aromatic heterocycles. The SMILES string of the molecule is Cc1cc(C)c(S(=O)(=O)NC(C)C(=O)Nc2ccccc2C)c(C)c1. The van der Waals surface area contributed by atoms with E-state index in [2.05, 4.69) is 10.0 Å². The number of nitrogens with one attached hydrogen (secondary N) is 2. The quantitative estimate of drug-likeness (QED) is 0.860. The van der Waals surface area contributed by atoms with Crippen LogP contribution < -0.4 is 10.0 Å². The van der Waals surface area contributed by atoms with Crippen LogP contribution >= 0.6 is 0 Å². The van der Waals surface area contributed by atoms with E-state index in [4.69, 9.17) is 0 Å². The highest BCUT2D eigenvalue weighted by Gasteiger charge is 2.25. The highest BCUT2D eigenvalue weighted by molar-refractivity contribution is 7.89. The number of rotatable bonds is 5. The minimum absolute atomic E-state index is 0.230. The molecule has 0 aliphatic carbocycles. The summed E-state index contributed by atoms with van der Waals surface area (Å²) in [6, 6.07) is 10.1. The standard InChI is InChI=1S/C19H24N2O3S/c1-12-10-14(3)18(15(4)11-12)25(23,24)21-16(5)19(22)20-17-9-7-6-8-13(17)2/h6-11,16,21H,1-5H3,(H,20,22). The topological polar surface area (TPSA) is 75.3 Å². The third-order valence-corrected chi connectivity index (χ3v) is 5.85. The smallest absolute Gasteiger partial charge is 0.242 e. The number of carbonyl (C=O) groups is 1. The molecule has 1 amide bonds. The molecule has 0 radical (unpaired) electrons. The Morgan fingerprint density at radius 2 is 1.52 bits per heavy atom. The number of anilines is 1. The van der Waals surface area contributed by atoms with Gasteiger partial charge in [0.25, 0.3) is 0 Å². The molecule has 0 saturated heterocycles. The summed E-state index contributed by atoms with van der Waals surface area (Å²) in [4.78, 5) is 12.6. The first-order valence-corrected chi connectivity index (χ1v) is 9.57. The maximum absolute atomic E-state index is 12.7. The van der Waals surface area contributed by atoms with Crippen LogP contribution in [0.5, 0.6) is 0 Å². The van der Waals surface area contributed by atoms with E-state index in [-0.39, 0.29) is 4.90 Å². The molecular weight excluding hydrogens is 336 g/mol. The number of aryl methyl sites for hydroxylation is 4. The van der Waals surface area contributed by atoms with Gasteiger partial charge in [-0.25, -0.2) is 8.42 Å². The zero-order valence-corrected chi connectivity index (χ0v) is 16.0. The fraction of sp³-hybridized carbons (Fsp3) is 0.316. The second kappa shape index (κ2) is 7.37. The van der Waals surface area contributed by atoms with Crippen molar-refractivity contribution in [3.8, 4) is 0 Å². The lowest BCUT2D eigenvalue weighted by atomic mass is 10.1. The number of carbonyl (C=O) groups excluding carboxylic acids is 1. The maximum Gasteiger partial charge on any atom is 0.242 e. The number of amides is 1. The summed E-state index contributed by atoms with van der Waals surface area (Å²) >= 11 is 0. The molecule has 2 aromatic rings. The van der Waals surface area contributed by atoms with E-state index < -0.39 is 22.0 Å². The molecule has 0 saturated carbocycles. The Labute approximate surface area is 149 Å². The van der Waals surface area contributed by atoms with Gasteiger partial charge in [-0.15, -0.1) is 0 Å². The van der Waals surface area contributed by atoms with Gasteiger partial charge in [-0.1, -0.05) is 35.9 Å². The third-order valence-electron chi connectivity index (χ3n) is 4.00. The van der Waals surface area contributed by atoms with E-state index in [0.29, 0.717) is 16.8 Å². The lowest BCUT2D eigenvalue weighted by Crippen LogP contribution is -2.42. The van der Waals surface area contributed by atoms with Crippen LogP contribution in [0.1, 0.15) is 29.2 Å². The van der Waals surface area contributed by atoms with Crippen molar-refractivity contribution in [2.24, 2.45) is 0 Å². The average Bonchev–Trinajstić information content (AvgIpc) is 2.47. The summed E-state index contributed by atoms with van der Waals surface area (Å²) in [5.74, 6) is -0.403. The Hall–Kier alpha value is -2.18. The molecular formula is C19H24N2O3S. The summed E-state index contributed by atoms with van der Waals surface area (Å²) in [6.45, 7) is 8.84. The summed E-state index contributed by atoms with van der Waals surface area (Å²) in [5.41, 5.74) is 3.91. The predicted octanol–water partition coefficient (Wildman–Crippen LogP) is 3.23. The van der Waals surface area contributed by atoms with Crippen LogP contribution in [0.4, 0.5) is 5.69 Å². The molecule has 6 heteroatoms. The highest BCUT2D eigenvalue weighted by atomic mass is 32.2. The van der Waals surface area contributed by atoms with E-state index in [1.807, 2.05) is 44.2 Å². The molecule has 0 aliphatic rings. The molecule has 2 aromatic carbocycles. The van der Waals surface area contributed by atoms with Gasteiger partial charge in [0.2, 0.25) is 15.9 Å². The zero-order valence-electron chi connectivity index (χ0n) is 15.2. The van der Waals surface area contributed by atoms with Crippen molar-refractivity contribution in [1.29, 1.82) is 0 Å². The van der Waals surface area contributed by atoms with Crippen molar-refractivity contribution < 1.29 is 13.2 Å². The first-order valence-electron chi connectivity index (χ1n) is 8.08. The molecule has 0 bridgehead atoms. The zero-order chi connectivity index (χ0) is 18.8. The van der Waals surface area contributed by atoms with Crippen LogP contribution in [0.3, 0.4) is 0 Å². The van der Waals surface area contributed by atoms with Crippen LogP contribution in [0.2, 0.25) is 0 Å². The van der Waals surface area contributed by atoms with Crippen molar-refractivity contribution in [3.05, 3.63) is 58.7 Å². The number of sulfonamides is 1. The minimum Gasteiger partial charge on any atom is -0.324 e. The van der Waals surface area contributed by atoms with Crippen LogP contribution in [0, 0.1) is 27.7 Å². The molecule has 134 valence electrons. The van der Waals surface area contributed by atoms with Gasteiger partial charge < -0.3 is 5.32 Å². The Morgan fingerprint density at radius 1 is 0.960 bits per heavy atom. The Kier molecular flexibility index (Phi) is 5.65. The van der Waals surface area contributed by atoms with Gasteiger partial charge in [-0.2, -0.15) is 4.72 Å². The van der Waals surface area contributed by atoms with Gasteiger partial charge in [0.15, 0.2) is 0 Å². The highest BCUT2D eigenvalue weighted by Crippen LogP contribution is 2.22. The van der Waals surface area contributed by atoms with Gasteiger partial charge in [0.05, 0.1) is 10.9 Å². The fourth-order valence-corrected chi connectivity index (χ4v) is 4.55. The number of hydrogen-bond donors (Lipinski definition) is 2. The van der Waals surface area contributed by atoms with Crippen molar-refractivity contribution in [2.75, 3.05) is 5.32 Å². The summed E-state index contributed by atoms with van der Waals surface area (Å²) in [6.07, 6.45) is 0. The molecule has 1 unspecified atom stereocenters. The summed E-state index contributed by atoms with van der Waals surface area (Å²) < 4.78 is 27.9. The predicted molar refractivity (Wildman–Crippen MR) is 100 cm³/mol. The van der Waals surface area contributed by atoms with E-state index in [1.54, 1.807) is 19.9 Å². The van der Waals surface area contributed by atoms with Crippen molar-refractivity contribution in [2.45, 2.75) is 45.6 Å². The summed E-state index contributed by atoms with van der Waals surface area (Å²) in [7, 11) is -3.80. The number of hydrogen-bond acceptors (Lipinski definition) is 3. The first-order chi connectivity index (χ1) is 11.6. The molecule has 0 heterocycles. The third kappa shape index (κ3) is 4.46. The van der Waals surface area contributed by atoms with E-state index >= 15 is 0 Å². The fourth-order valence-electron chi connectivity index (χ4n) is 2.89. The first kappa shape index (κ1) is 19.1. The van der Waals surface area contributed by atoms with Crippen molar-refractivity contribution in [3.63, 3.8) is 0 Å². The molecule has 0 spiro atoms. The normalized spacial score (nSPS) is 12.7. The second-order valence-electron chi connectivity index (χ2n) is 6.37. The lowest BCUT2D eigenvalue weighted by molar-refractivity contribution is -0.117. The molecule has 2 N–H and O–H groups in total. The van der Waals surface area contributed by atoms with Crippen LogP contribution in [0.25, 0.3) is 0 Å². The molecule has 0 fully saturated rings. The minimum atomic E-state index is -3.80. The van der Waals surface area contributed by atoms with E-state index in [0.717, 1.165) is 11.1 Å².